The average Bonchev–Trinajstić information content (AvgIpc) is 3.15. The summed E-state index contributed by atoms with van der Waals surface area (Å²) in [6.45, 7) is 0.528. The van der Waals surface area contributed by atoms with Crippen molar-refractivity contribution in [2.24, 2.45) is 0 Å². The summed E-state index contributed by atoms with van der Waals surface area (Å²) in [5.74, 6) is 1.51. The highest BCUT2D eigenvalue weighted by Crippen LogP contribution is 2.33. The molecule has 4 aromatic carbocycles. The van der Waals surface area contributed by atoms with Gasteiger partial charge in [-0.1, -0.05) is 42.5 Å². The predicted octanol–water partition coefficient (Wildman–Crippen LogP) is 5.93. The minimum absolute atomic E-state index is 0.160. The van der Waals surface area contributed by atoms with E-state index in [0.717, 1.165) is 27.6 Å². The number of phenolic OH excluding ortho intramolecular Hbond substituents is 1. The van der Waals surface area contributed by atoms with Gasteiger partial charge in [0.1, 0.15) is 23.6 Å². The minimum Gasteiger partial charge on any atom is -0.508 e. The van der Waals surface area contributed by atoms with E-state index in [-0.39, 0.29) is 5.75 Å². The van der Waals surface area contributed by atoms with Crippen LogP contribution in [0.15, 0.2) is 89.3 Å². The van der Waals surface area contributed by atoms with Gasteiger partial charge < -0.3 is 14.3 Å². The van der Waals surface area contributed by atoms with Gasteiger partial charge in [0.25, 0.3) is 0 Å². The molecule has 0 radical (unpaired) electrons. The normalized spacial score (nSPS) is 11.1. The Morgan fingerprint density at radius 1 is 0.857 bits per heavy atom. The Morgan fingerprint density at radius 2 is 1.75 bits per heavy atom. The van der Waals surface area contributed by atoms with Crippen molar-refractivity contribution in [3.05, 3.63) is 90.5 Å². The minimum atomic E-state index is 0.160. The molecule has 5 aromatic rings. The molecule has 0 aliphatic heterocycles. The van der Waals surface area contributed by atoms with Gasteiger partial charge in [-0.25, -0.2) is 4.98 Å². The van der Waals surface area contributed by atoms with E-state index >= 15 is 0 Å². The standard InChI is InChI=1S/C24H17NO3/c26-18-9-12-22-23(14-18)28-24(25-22)21-8-4-7-17-13-19(10-11-20(17)21)27-15-16-5-2-1-3-6-16/h1-14,26H,15H2. The van der Waals surface area contributed by atoms with E-state index in [1.165, 1.54) is 0 Å². The first-order chi connectivity index (χ1) is 13.8. The molecule has 136 valence electrons. The summed E-state index contributed by atoms with van der Waals surface area (Å²) in [7, 11) is 0. The molecule has 0 saturated heterocycles. The lowest BCUT2D eigenvalue weighted by Gasteiger charge is -2.09. The topological polar surface area (TPSA) is 55.5 Å². The smallest absolute Gasteiger partial charge is 0.227 e. The van der Waals surface area contributed by atoms with Crippen molar-refractivity contribution in [1.82, 2.24) is 4.98 Å². The van der Waals surface area contributed by atoms with Gasteiger partial charge in [0, 0.05) is 11.6 Å². The molecule has 1 aromatic heterocycles. The molecule has 0 saturated carbocycles. The maximum atomic E-state index is 9.64. The Labute approximate surface area is 161 Å². The highest BCUT2D eigenvalue weighted by atomic mass is 16.5. The van der Waals surface area contributed by atoms with Gasteiger partial charge in [-0.15, -0.1) is 0 Å². The molecule has 0 amide bonds. The number of rotatable bonds is 4. The maximum Gasteiger partial charge on any atom is 0.227 e. The van der Waals surface area contributed by atoms with Gasteiger partial charge in [-0.05, 0) is 52.7 Å². The first-order valence-electron chi connectivity index (χ1n) is 9.06. The van der Waals surface area contributed by atoms with Crippen LogP contribution in [-0.4, -0.2) is 10.1 Å². The first kappa shape index (κ1) is 16.4. The van der Waals surface area contributed by atoms with Crippen LogP contribution in [0.5, 0.6) is 11.5 Å². The first-order valence-corrected chi connectivity index (χ1v) is 9.06. The summed E-state index contributed by atoms with van der Waals surface area (Å²) in [4.78, 5) is 4.56. The Hall–Kier alpha value is -3.79. The van der Waals surface area contributed by atoms with Crippen LogP contribution in [0, 0.1) is 0 Å². The molecule has 0 unspecified atom stereocenters. The predicted molar refractivity (Wildman–Crippen MR) is 109 cm³/mol. The molecule has 0 aliphatic carbocycles. The second-order valence-electron chi connectivity index (χ2n) is 6.63. The van der Waals surface area contributed by atoms with Gasteiger partial charge in [-0.3, -0.25) is 0 Å². The Bertz CT molecular complexity index is 1280. The molecular weight excluding hydrogens is 350 g/mol. The molecule has 1 heterocycles. The molecule has 0 fully saturated rings. The van der Waals surface area contributed by atoms with E-state index < -0.39 is 0 Å². The summed E-state index contributed by atoms with van der Waals surface area (Å²) in [6.07, 6.45) is 0. The number of aromatic hydroxyl groups is 1. The second-order valence-corrected chi connectivity index (χ2v) is 6.63. The second kappa shape index (κ2) is 6.74. The van der Waals surface area contributed by atoms with E-state index in [1.807, 2.05) is 66.7 Å². The number of oxazole rings is 1. The van der Waals surface area contributed by atoms with E-state index in [2.05, 4.69) is 4.98 Å². The van der Waals surface area contributed by atoms with E-state index in [1.54, 1.807) is 18.2 Å². The highest BCUT2D eigenvalue weighted by molar-refractivity contribution is 5.96. The van der Waals surface area contributed by atoms with E-state index in [9.17, 15) is 5.11 Å². The summed E-state index contributed by atoms with van der Waals surface area (Å²) in [5, 5.41) is 11.7. The molecule has 5 rings (SSSR count). The summed E-state index contributed by atoms with van der Waals surface area (Å²) in [5.41, 5.74) is 3.32. The van der Waals surface area contributed by atoms with Crippen LogP contribution in [0.25, 0.3) is 33.3 Å². The zero-order valence-electron chi connectivity index (χ0n) is 15.0. The fourth-order valence-corrected chi connectivity index (χ4v) is 3.31. The van der Waals surface area contributed by atoms with Crippen molar-refractivity contribution in [2.75, 3.05) is 0 Å². The third-order valence-electron chi connectivity index (χ3n) is 4.70. The maximum absolute atomic E-state index is 9.64. The van der Waals surface area contributed by atoms with Crippen LogP contribution in [-0.2, 0) is 6.61 Å². The third kappa shape index (κ3) is 3.05. The van der Waals surface area contributed by atoms with E-state index in [4.69, 9.17) is 9.15 Å². The number of hydrogen-bond donors (Lipinski definition) is 1. The SMILES string of the molecule is Oc1ccc2nc(-c3cccc4cc(OCc5ccccc5)ccc34)oc2c1. The Balaban J connectivity index is 1.50. The van der Waals surface area contributed by atoms with Gasteiger partial charge >= 0.3 is 0 Å². The Kier molecular flexibility index (Phi) is 3.95. The highest BCUT2D eigenvalue weighted by Gasteiger charge is 2.12. The van der Waals surface area contributed by atoms with Gasteiger partial charge in [0.05, 0.1) is 0 Å². The molecule has 0 atom stereocenters. The summed E-state index contributed by atoms with van der Waals surface area (Å²) >= 11 is 0. The van der Waals surface area contributed by atoms with Crippen molar-refractivity contribution < 1.29 is 14.3 Å². The van der Waals surface area contributed by atoms with Crippen molar-refractivity contribution in [2.45, 2.75) is 6.61 Å². The number of hydrogen-bond acceptors (Lipinski definition) is 4. The molecule has 4 nitrogen and oxygen atoms in total. The van der Waals surface area contributed by atoms with Crippen LogP contribution < -0.4 is 4.74 Å². The molecule has 0 aliphatic rings. The zero-order valence-corrected chi connectivity index (χ0v) is 15.0. The monoisotopic (exact) mass is 367 g/mol. The largest absolute Gasteiger partial charge is 0.508 e. The Morgan fingerprint density at radius 3 is 2.64 bits per heavy atom. The zero-order chi connectivity index (χ0) is 18.9. The van der Waals surface area contributed by atoms with Crippen molar-refractivity contribution in [3.63, 3.8) is 0 Å². The molecular formula is C24H17NO3. The van der Waals surface area contributed by atoms with Crippen molar-refractivity contribution in [3.8, 4) is 23.0 Å². The van der Waals surface area contributed by atoms with Gasteiger partial charge in [0.2, 0.25) is 5.89 Å². The lowest BCUT2D eigenvalue weighted by molar-refractivity contribution is 0.306. The number of aromatic nitrogens is 1. The van der Waals surface area contributed by atoms with Crippen LogP contribution in [0.1, 0.15) is 5.56 Å². The lowest BCUT2D eigenvalue weighted by Crippen LogP contribution is -1.94. The van der Waals surface area contributed by atoms with Crippen LogP contribution >= 0.6 is 0 Å². The molecule has 1 N–H and O–H groups in total. The molecule has 0 bridgehead atoms. The molecule has 28 heavy (non-hydrogen) atoms. The fourth-order valence-electron chi connectivity index (χ4n) is 3.31. The molecule has 4 heteroatoms. The van der Waals surface area contributed by atoms with Crippen molar-refractivity contribution >= 4 is 21.9 Å². The number of ether oxygens (including phenoxy) is 1. The quantitative estimate of drug-likeness (QED) is 0.427. The molecule has 0 spiro atoms. The number of fused-ring (bicyclic) bond motifs is 2. The van der Waals surface area contributed by atoms with Gasteiger partial charge in [-0.2, -0.15) is 0 Å². The van der Waals surface area contributed by atoms with Crippen LogP contribution in [0.3, 0.4) is 0 Å². The summed E-state index contributed by atoms with van der Waals surface area (Å²) < 4.78 is 11.8. The summed E-state index contributed by atoms with van der Waals surface area (Å²) in [6, 6.07) is 27.0. The average molecular weight is 367 g/mol. The fraction of sp³-hybridized carbons (Fsp3) is 0.0417. The van der Waals surface area contributed by atoms with Crippen LogP contribution in [0.4, 0.5) is 0 Å². The van der Waals surface area contributed by atoms with Crippen molar-refractivity contribution in [1.29, 1.82) is 0 Å². The number of phenols is 1. The van der Waals surface area contributed by atoms with Crippen LogP contribution in [0.2, 0.25) is 0 Å². The van der Waals surface area contributed by atoms with E-state index in [0.29, 0.717) is 23.6 Å². The van der Waals surface area contributed by atoms with Gasteiger partial charge in [0.15, 0.2) is 5.58 Å². The third-order valence-corrected chi connectivity index (χ3v) is 4.70. The lowest BCUT2D eigenvalue weighted by atomic mass is 10.0. The number of benzene rings is 4. The number of nitrogens with zero attached hydrogens (tertiary/aromatic N) is 1.